The smallest absolute Gasteiger partial charge is 0.230 e. The monoisotopic (exact) mass is 395 g/mol. The molecule has 4 rings (SSSR count). The number of anilines is 1. The van der Waals surface area contributed by atoms with Crippen molar-refractivity contribution < 1.29 is 13.9 Å². The quantitative estimate of drug-likeness (QED) is 0.773. The van der Waals surface area contributed by atoms with Crippen molar-refractivity contribution in [3.8, 4) is 11.8 Å². The number of fused-ring (bicyclic) bond motifs is 1. The fourth-order valence-electron chi connectivity index (χ4n) is 3.53. The summed E-state index contributed by atoms with van der Waals surface area (Å²) in [6.07, 6.45) is 0.247. The van der Waals surface area contributed by atoms with Crippen LogP contribution in [0.1, 0.15) is 30.8 Å². The molecular weight excluding hydrogens is 374 g/mol. The van der Waals surface area contributed by atoms with E-state index in [1.165, 1.54) is 11.8 Å². The van der Waals surface area contributed by atoms with Crippen molar-refractivity contribution in [2.75, 3.05) is 24.1 Å². The van der Waals surface area contributed by atoms with Crippen LogP contribution in [0.2, 0.25) is 0 Å². The largest absolute Gasteiger partial charge is 0.494 e. The van der Waals surface area contributed by atoms with E-state index in [1.807, 2.05) is 50.2 Å². The normalized spacial score (nSPS) is 19.5. The van der Waals surface area contributed by atoms with E-state index >= 15 is 0 Å². The molecule has 0 bridgehead atoms. The maximum atomic E-state index is 12.9. The lowest BCUT2D eigenvalue weighted by Gasteiger charge is -2.41. The van der Waals surface area contributed by atoms with E-state index in [1.54, 1.807) is 4.90 Å². The van der Waals surface area contributed by atoms with Crippen molar-refractivity contribution >= 4 is 23.4 Å². The van der Waals surface area contributed by atoms with Crippen LogP contribution in [-0.2, 0) is 4.79 Å². The second-order valence-corrected chi connectivity index (χ2v) is 7.67. The maximum absolute atomic E-state index is 12.9. The number of nitrogens with zero attached hydrogens (tertiary/aromatic N) is 3. The molecule has 0 saturated carbocycles. The van der Waals surface area contributed by atoms with E-state index in [9.17, 15) is 10.1 Å². The second kappa shape index (κ2) is 7.64. The Morgan fingerprint density at radius 2 is 2.07 bits per heavy atom. The van der Waals surface area contributed by atoms with Crippen molar-refractivity contribution in [3.63, 3.8) is 0 Å². The average molecular weight is 395 g/mol. The van der Waals surface area contributed by atoms with E-state index in [0.29, 0.717) is 30.5 Å². The molecule has 2 aliphatic rings. The molecule has 1 fully saturated rings. The molecule has 7 heteroatoms. The summed E-state index contributed by atoms with van der Waals surface area (Å²) in [6, 6.07) is 13.9. The predicted molar refractivity (Wildman–Crippen MR) is 108 cm³/mol. The van der Waals surface area contributed by atoms with Crippen LogP contribution in [0.3, 0.4) is 0 Å². The summed E-state index contributed by atoms with van der Waals surface area (Å²) < 4.78 is 11.2. The van der Waals surface area contributed by atoms with Crippen LogP contribution in [0.5, 0.6) is 5.75 Å². The summed E-state index contributed by atoms with van der Waals surface area (Å²) in [5, 5.41) is 10.5. The number of rotatable bonds is 4. The molecule has 1 unspecified atom stereocenters. The molecule has 2 aromatic rings. The molecule has 3 heterocycles. The van der Waals surface area contributed by atoms with Gasteiger partial charge in [-0.05, 0) is 50.2 Å². The number of benzene rings is 1. The number of allylic oxidation sites excluding steroid dienone is 1. The fraction of sp³-hybridized carbons (Fsp3) is 0.333. The summed E-state index contributed by atoms with van der Waals surface area (Å²) >= 11 is 1.52. The minimum absolute atomic E-state index is 0.0104. The third-order valence-corrected chi connectivity index (χ3v) is 6.07. The lowest BCUT2D eigenvalue weighted by atomic mass is 9.91. The van der Waals surface area contributed by atoms with Crippen LogP contribution in [-0.4, -0.2) is 30.0 Å². The first-order valence-electron chi connectivity index (χ1n) is 9.22. The van der Waals surface area contributed by atoms with Gasteiger partial charge in [-0.2, -0.15) is 5.26 Å². The molecule has 0 spiro atoms. The van der Waals surface area contributed by atoms with Crippen LogP contribution < -0.4 is 9.64 Å². The van der Waals surface area contributed by atoms with Gasteiger partial charge in [-0.15, -0.1) is 0 Å². The maximum Gasteiger partial charge on any atom is 0.230 e. The van der Waals surface area contributed by atoms with Gasteiger partial charge in [0.2, 0.25) is 5.91 Å². The highest BCUT2D eigenvalue weighted by Crippen LogP contribution is 2.43. The molecule has 0 aliphatic carbocycles. The van der Waals surface area contributed by atoms with Crippen LogP contribution in [0.25, 0.3) is 0 Å². The molecule has 28 heavy (non-hydrogen) atoms. The Hall–Kier alpha value is -2.85. The molecular formula is C21H21N3O3S. The lowest BCUT2D eigenvalue weighted by Crippen LogP contribution is -2.47. The minimum atomic E-state index is -0.304. The molecule has 1 aromatic heterocycles. The summed E-state index contributed by atoms with van der Waals surface area (Å²) in [7, 11) is 0. The number of thioether (sulfide) groups is 1. The molecule has 0 N–H and O–H groups in total. The molecule has 1 amide bonds. The second-order valence-electron chi connectivity index (χ2n) is 6.74. The van der Waals surface area contributed by atoms with Gasteiger partial charge in [-0.1, -0.05) is 11.8 Å². The van der Waals surface area contributed by atoms with E-state index in [0.717, 1.165) is 22.2 Å². The zero-order valence-electron chi connectivity index (χ0n) is 15.8. The number of carbonyl (C=O) groups is 1. The molecule has 6 nitrogen and oxygen atoms in total. The van der Waals surface area contributed by atoms with E-state index < -0.39 is 0 Å². The highest BCUT2D eigenvalue weighted by atomic mass is 32.2. The minimum Gasteiger partial charge on any atom is -0.494 e. The van der Waals surface area contributed by atoms with E-state index in [-0.39, 0.29) is 18.2 Å². The fourth-order valence-corrected chi connectivity index (χ4v) is 4.70. The first-order valence-corrected chi connectivity index (χ1v) is 10.2. The number of ether oxygens (including phenoxy) is 1. The Morgan fingerprint density at radius 3 is 2.71 bits per heavy atom. The molecule has 1 aromatic carbocycles. The van der Waals surface area contributed by atoms with E-state index in [4.69, 9.17) is 9.15 Å². The van der Waals surface area contributed by atoms with Gasteiger partial charge in [0, 0.05) is 12.1 Å². The number of carbonyl (C=O) groups excluding carboxylic acids is 1. The summed E-state index contributed by atoms with van der Waals surface area (Å²) in [5.41, 5.74) is 1.63. The Labute approximate surface area is 168 Å². The van der Waals surface area contributed by atoms with Crippen LogP contribution in [0.15, 0.2) is 51.4 Å². The molecule has 1 atom stereocenters. The van der Waals surface area contributed by atoms with Gasteiger partial charge in [0.05, 0.1) is 41.7 Å². The third kappa shape index (κ3) is 3.36. The standard InChI is InChI=1S/C21H21N3O3S/c1-3-26-16-7-5-15(6-8-16)23-12-24-20(25)10-17(19-9-4-14(2)27-19)18(11-22)21(24)28-13-23/h4-9,17H,3,10,12-13H2,1-2H3. The number of hydrogen-bond donors (Lipinski definition) is 0. The van der Waals surface area contributed by atoms with E-state index in [2.05, 4.69) is 11.0 Å². The number of furan rings is 1. The number of nitriles is 1. The first-order chi connectivity index (χ1) is 13.6. The van der Waals surface area contributed by atoms with Crippen molar-refractivity contribution in [2.24, 2.45) is 0 Å². The Kier molecular flexibility index (Phi) is 5.05. The summed E-state index contributed by atoms with van der Waals surface area (Å²) in [6.45, 7) is 4.88. The average Bonchev–Trinajstić information content (AvgIpc) is 3.15. The van der Waals surface area contributed by atoms with Crippen LogP contribution >= 0.6 is 11.8 Å². The number of hydrogen-bond acceptors (Lipinski definition) is 6. The zero-order valence-corrected chi connectivity index (χ0v) is 16.7. The molecule has 144 valence electrons. The number of amides is 1. The molecule has 1 saturated heterocycles. The first kappa shape index (κ1) is 18.5. The Balaban J connectivity index is 1.59. The van der Waals surface area contributed by atoms with Crippen molar-refractivity contribution in [1.82, 2.24) is 4.90 Å². The predicted octanol–water partition coefficient (Wildman–Crippen LogP) is 4.21. The van der Waals surface area contributed by atoms with Crippen molar-refractivity contribution in [1.29, 1.82) is 5.26 Å². The lowest BCUT2D eigenvalue weighted by molar-refractivity contribution is -0.130. The SMILES string of the molecule is CCOc1ccc(N2CSC3=C(C#N)C(c4ccc(C)o4)CC(=O)N3C2)cc1. The highest BCUT2D eigenvalue weighted by Gasteiger charge is 2.39. The van der Waals surface area contributed by atoms with Crippen LogP contribution in [0, 0.1) is 18.3 Å². The molecule has 2 aliphatic heterocycles. The van der Waals surface area contributed by atoms with Crippen molar-refractivity contribution in [3.05, 3.63) is 58.5 Å². The Morgan fingerprint density at radius 1 is 1.29 bits per heavy atom. The zero-order chi connectivity index (χ0) is 19.7. The van der Waals surface area contributed by atoms with Gasteiger partial charge in [0.25, 0.3) is 0 Å². The summed E-state index contributed by atoms with van der Waals surface area (Å²) in [5.74, 6) is 2.67. The van der Waals surface area contributed by atoms with Gasteiger partial charge in [0.15, 0.2) is 0 Å². The number of aryl methyl sites for hydroxylation is 1. The van der Waals surface area contributed by atoms with Crippen molar-refractivity contribution in [2.45, 2.75) is 26.2 Å². The summed E-state index contributed by atoms with van der Waals surface area (Å²) in [4.78, 5) is 16.7. The highest BCUT2D eigenvalue weighted by molar-refractivity contribution is 8.03. The van der Waals surface area contributed by atoms with Gasteiger partial charge < -0.3 is 14.1 Å². The van der Waals surface area contributed by atoms with Gasteiger partial charge >= 0.3 is 0 Å². The topological polar surface area (TPSA) is 69.7 Å². The molecule has 0 radical (unpaired) electrons. The van der Waals surface area contributed by atoms with Crippen LogP contribution in [0.4, 0.5) is 5.69 Å². The Bertz CT molecular complexity index is 958. The third-order valence-electron chi connectivity index (χ3n) is 4.91. The van der Waals surface area contributed by atoms with Gasteiger partial charge in [0.1, 0.15) is 17.3 Å². The van der Waals surface area contributed by atoms with Gasteiger partial charge in [-0.25, -0.2) is 0 Å². The van der Waals surface area contributed by atoms with Gasteiger partial charge in [-0.3, -0.25) is 9.69 Å².